The molecule has 0 radical (unpaired) electrons. The maximum Gasteiger partial charge on any atom is 0.113 e. The molecule has 76 valence electrons. The molecule has 0 bridgehead atoms. The number of benzene rings is 1. The van der Waals surface area contributed by atoms with Crippen molar-refractivity contribution in [2.45, 2.75) is 12.0 Å². The molecule has 2 atom stereocenters. The van der Waals surface area contributed by atoms with Gasteiger partial charge in [-0.2, -0.15) is 0 Å². The van der Waals surface area contributed by atoms with Gasteiger partial charge in [0.15, 0.2) is 0 Å². The molecule has 4 N–H and O–H groups in total. The van der Waals surface area contributed by atoms with Crippen LogP contribution >= 0.6 is 12.2 Å². The second-order valence-electron chi connectivity index (χ2n) is 3.05. The molecule has 0 aliphatic rings. The van der Waals surface area contributed by atoms with Gasteiger partial charge in [0, 0.05) is 5.92 Å². The molecule has 0 heterocycles. The Labute approximate surface area is 88.2 Å². The molecule has 0 aliphatic carbocycles. The predicted octanol–water partition coefficient (Wildman–Crippen LogP) is 0.410. The van der Waals surface area contributed by atoms with E-state index in [4.69, 9.17) is 10.8 Å². The fourth-order valence-electron chi connectivity index (χ4n) is 1.29. The van der Waals surface area contributed by atoms with Crippen LogP contribution in [0.2, 0.25) is 0 Å². The molecule has 0 saturated heterocycles. The lowest BCUT2D eigenvalue weighted by molar-refractivity contribution is 0.156. The van der Waals surface area contributed by atoms with Crippen LogP contribution in [0.4, 0.5) is 0 Å². The van der Waals surface area contributed by atoms with E-state index in [1.165, 1.54) is 0 Å². The van der Waals surface area contributed by atoms with Crippen LogP contribution in [-0.2, 0) is 0 Å². The Morgan fingerprint density at radius 2 is 1.93 bits per heavy atom. The van der Waals surface area contributed by atoms with E-state index in [1.54, 1.807) is 0 Å². The summed E-state index contributed by atoms with van der Waals surface area (Å²) in [6.07, 6.45) is -0.975. The van der Waals surface area contributed by atoms with Gasteiger partial charge >= 0.3 is 0 Å². The fourth-order valence-corrected chi connectivity index (χ4v) is 1.45. The summed E-state index contributed by atoms with van der Waals surface area (Å²) in [6.45, 7) is -0.178. The number of aliphatic hydroxyl groups is 2. The maximum atomic E-state index is 9.61. The van der Waals surface area contributed by atoms with E-state index < -0.39 is 12.0 Å². The molecule has 0 spiro atoms. The fraction of sp³-hybridized carbons (Fsp3) is 0.300. The van der Waals surface area contributed by atoms with E-state index in [0.29, 0.717) is 0 Å². The Balaban J connectivity index is 2.87. The van der Waals surface area contributed by atoms with Gasteiger partial charge in [-0.05, 0) is 5.56 Å². The van der Waals surface area contributed by atoms with Gasteiger partial charge in [0.1, 0.15) is 11.1 Å². The number of rotatable bonds is 4. The summed E-state index contributed by atoms with van der Waals surface area (Å²) in [5.41, 5.74) is 6.15. The van der Waals surface area contributed by atoms with Crippen LogP contribution in [0.15, 0.2) is 30.3 Å². The minimum Gasteiger partial charge on any atom is -0.396 e. The van der Waals surface area contributed by atoms with E-state index in [0.717, 1.165) is 5.56 Å². The first-order valence-electron chi connectivity index (χ1n) is 4.30. The summed E-state index contributed by atoms with van der Waals surface area (Å²) in [7, 11) is 0. The Morgan fingerprint density at radius 3 is 2.36 bits per heavy atom. The van der Waals surface area contributed by atoms with Gasteiger partial charge in [-0.1, -0.05) is 42.5 Å². The molecule has 1 aromatic carbocycles. The summed E-state index contributed by atoms with van der Waals surface area (Å²) in [4.78, 5) is 0.00732. The van der Waals surface area contributed by atoms with Gasteiger partial charge in [0.05, 0.1) is 6.61 Å². The predicted molar refractivity (Wildman–Crippen MR) is 59.1 cm³/mol. The number of nitrogens with two attached hydrogens (primary N) is 1. The summed E-state index contributed by atoms with van der Waals surface area (Å²) in [6, 6.07) is 9.18. The zero-order valence-corrected chi connectivity index (χ0v) is 8.45. The molecule has 0 amide bonds. The highest BCUT2D eigenvalue weighted by molar-refractivity contribution is 7.80. The summed E-state index contributed by atoms with van der Waals surface area (Å²) < 4.78 is 0. The van der Waals surface area contributed by atoms with Crippen LogP contribution in [0.5, 0.6) is 0 Å². The first-order chi connectivity index (χ1) is 6.66. The Bertz CT molecular complexity index is 302. The lowest BCUT2D eigenvalue weighted by Crippen LogP contribution is -2.34. The normalized spacial score (nSPS) is 14.7. The molecule has 1 aromatic rings. The van der Waals surface area contributed by atoms with E-state index in [9.17, 15) is 5.11 Å². The summed E-state index contributed by atoms with van der Waals surface area (Å²) in [5, 5.41) is 18.7. The van der Waals surface area contributed by atoms with Crippen LogP contribution in [0, 0.1) is 0 Å². The molecule has 3 nitrogen and oxygen atoms in total. The van der Waals surface area contributed by atoms with E-state index in [2.05, 4.69) is 12.2 Å². The summed E-state index contributed by atoms with van der Waals surface area (Å²) >= 11 is 4.68. The van der Waals surface area contributed by atoms with Crippen molar-refractivity contribution < 1.29 is 10.2 Å². The quantitative estimate of drug-likeness (QED) is 0.631. The summed E-state index contributed by atoms with van der Waals surface area (Å²) in [5.74, 6) is -0.436. The van der Waals surface area contributed by atoms with Gasteiger partial charge in [-0.3, -0.25) is 0 Å². The van der Waals surface area contributed by atoms with Crippen molar-refractivity contribution in [2.24, 2.45) is 5.73 Å². The van der Waals surface area contributed by atoms with Crippen LogP contribution in [0.1, 0.15) is 11.5 Å². The monoisotopic (exact) mass is 211 g/mol. The average Bonchev–Trinajstić information content (AvgIpc) is 2.20. The van der Waals surface area contributed by atoms with Crippen molar-refractivity contribution in [2.75, 3.05) is 6.61 Å². The average molecular weight is 211 g/mol. The van der Waals surface area contributed by atoms with Crippen molar-refractivity contribution in [1.29, 1.82) is 0 Å². The third-order valence-corrected chi connectivity index (χ3v) is 2.34. The second kappa shape index (κ2) is 5.05. The first kappa shape index (κ1) is 11.1. The van der Waals surface area contributed by atoms with Crippen LogP contribution < -0.4 is 5.73 Å². The highest BCUT2D eigenvalue weighted by atomic mass is 32.1. The van der Waals surface area contributed by atoms with Crippen molar-refractivity contribution >= 4 is 17.2 Å². The van der Waals surface area contributed by atoms with E-state index in [1.807, 2.05) is 30.3 Å². The third kappa shape index (κ3) is 2.51. The number of hydrogen-bond acceptors (Lipinski definition) is 3. The lowest BCUT2D eigenvalue weighted by atomic mass is 9.94. The Hall–Kier alpha value is -0.970. The Morgan fingerprint density at radius 1 is 1.36 bits per heavy atom. The largest absolute Gasteiger partial charge is 0.396 e. The maximum absolute atomic E-state index is 9.61. The first-order valence-corrected chi connectivity index (χ1v) is 4.71. The smallest absolute Gasteiger partial charge is 0.113 e. The number of aliphatic hydroxyl groups excluding tert-OH is 2. The van der Waals surface area contributed by atoms with Crippen LogP contribution in [-0.4, -0.2) is 27.9 Å². The SMILES string of the molecule is NC(=S)C(O)[C@H](CO)c1ccccc1. The molecular weight excluding hydrogens is 198 g/mol. The highest BCUT2D eigenvalue weighted by Gasteiger charge is 2.22. The molecule has 14 heavy (non-hydrogen) atoms. The standard InChI is InChI=1S/C10H13NO2S/c11-10(14)9(13)8(6-12)7-4-2-1-3-5-7/h1-5,8-9,12-13H,6H2,(H2,11,14)/t8-,9?/m1/s1. The zero-order valence-electron chi connectivity index (χ0n) is 7.63. The van der Waals surface area contributed by atoms with Gasteiger partial charge in [0.2, 0.25) is 0 Å². The molecule has 1 rings (SSSR count). The van der Waals surface area contributed by atoms with Gasteiger partial charge in [-0.25, -0.2) is 0 Å². The molecule has 0 aliphatic heterocycles. The third-order valence-electron chi connectivity index (χ3n) is 2.10. The van der Waals surface area contributed by atoms with E-state index in [-0.39, 0.29) is 11.6 Å². The second-order valence-corrected chi connectivity index (χ2v) is 3.52. The molecule has 0 aromatic heterocycles. The van der Waals surface area contributed by atoms with Gasteiger partial charge in [0.25, 0.3) is 0 Å². The molecule has 4 heteroatoms. The topological polar surface area (TPSA) is 66.5 Å². The highest BCUT2D eigenvalue weighted by Crippen LogP contribution is 2.19. The van der Waals surface area contributed by atoms with E-state index >= 15 is 0 Å². The molecule has 0 saturated carbocycles. The molecule has 1 unspecified atom stereocenters. The van der Waals surface area contributed by atoms with Crippen LogP contribution in [0.25, 0.3) is 0 Å². The molecular formula is C10H13NO2S. The molecule has 0 fully saturated rings. The van der Waals surface area contributed by atoms with Crippen molar-refractivity contribution in [3.63, 3.8) is 0 Å². The van der Waals surface area contributed by atoms with Crippen molar-refractivity contribution in [3.8, 4) is 0 Å². The Kier molecular flexibility index (Phi) is 4.00. The van der Waals surface area contributed by atoms with Gasteiger partial charge in [-0.15, -0.1) is 0 Å². The minimum absolute atomic E-state index is 0.00732. The number of thiocarbonyl (C=S) groups is 1. The lowest BCUT2D eigenvalue weighted by Gasteiger charge is -2.19. The van der Waals surface area contributed by atoms with Crippen LogP contribution in [0.3, 0.4) is 0 Å². The van der Waals surface area contributed by atoms with Crippen molar-refractivity contribution in [3.05, 3.63) is 35.9 Å². The van der Waals surface area contributed by atoms with Crippen molar-refractivity contribution in [1.82, 2.24) is 0 Å². The minimum atomic E-state index is -0.975. The zero-order chi connectivity index (χ0) is 10.6. The van der Waals surface area contributed by atoms with Gasteiger partial charge < -0.3 is 15.9 Å². The number of hydrogen-bond donors (Lipinski definition) is 3.